The van der Waals surface area contributed by atoms with E-state index in [0.29, 0.717) is 5.95 Å². The first-order valence-electron chi connectivity index (χ1n) is 9.64. The summed E-state index contributed by atoms with van der Waals surface area (Å²) in [6, 6.07) is 12.4. The van der Waals surface area contributed by atoms with Crippen LogP contribution in [0.15, 0.2) is 47.3 Å². The van der Waals surface area contributed by atoms with Crippen LogP contribution in [0.5, 0.6) is 0 Å². The molecule has 1 aliphatic heterocycles. The van der Waals surface area contributed by atoms with Gasteiger partial charge in [-0.1, -0.05) is 12.1 Å². The Balaban J connectivity index is 1.48. The molecule has 2 aromatic heterocycles. The minimum Gasteiger partial charge on any atom is -0.323 e. The second-order valence-corrected chi connectivity index (χ2v) is 7.49. The highest BCUT2D eigenvalue weighted by molar-refractivity contribution is 5.81. The number of hydrogen-bond acceptors (Lipinski definition) is 4. The molecule has 0 saturated carbocycles. The fraction of sp³-hybridized carbons (Fsp3) is 0.286. The summed E-state index contributed by atoms with van der Waals surface area (Å²) in [5.41, 5.74) is 3.52. The van der Waals surface area contributed by atoms with Crippen molar-refractivity contribution in [1.82, 2.24) is 23.9 Å². The molecule has 148 valence electrons. The Morgan fingerprint density at radius 2 is 1.83 bits per heavy atom. The molecule has 0 spiro atoms. The highest BCUT2D eigenvalue weighted by atomic mass is 19.1. The lowest BCUT2D eigenvalue weighted by atomic mass is 9.91. The van der Waals surface area contributed by atoms with Gasteiger partial charge in [0.25, 0.3) is 0 Å². The number of fused-ring (bicyclic) bond motifs is 2. The van der Waals surface area contributed by atoms with E-state index >= 15 is 0 Å². The molecule has 4 aromatic rings. The fourth-order valence-electron chi connectivity index (χ4n) is 4.13. The molecule has 3 heterocycles. The Morgan fingerprint density at radius 3 is 2.62 bits per heavy atom. The maximum atomic E-state index is 13.3. The van der Waals surface area contributed by atoms with Gasteiger partial charge in [0.05, 0.1) is 11.0 Å². The van der Waals surface area contributed by atoms with Gasteiger partial charge < -0.3 is 5.32 Å². The minimum absolute atomic E-state index is 0.0603. The lowest BCUT2D eigenvalue weighted by Crippen LogP contribution is -2.19. The predicted octanol–water partition coefficient (Wildman–Crippen LogP) is 3.28. The summed E-state index contributed by atoms with van der Waals surface area (Å²) in [5, 5.41) is 7.87. The number of nitrogens with one attached hydrogen (secondary N) is 1. The van der Waals surface area contributed by atoms with Crippen LogP contribution in [-0.2, 0) is 20.6 Å². The Labute approximate surface area is 166 Å². The quantitative estimate of drug-likeness (QED) is 0.581. The van der Waals surface area contributed by atoms with Crippen molar-refractivity contribution in [1.29, 1.82) is 0 Å². The Bertz CT molecular complexity index is 1270. The third kappa shape index (κ3) is 2.91. The number of aromatic nitrogens is 5. The molecule has 0 saturated heterocycles. The lowest BCUT2D eigenvalue weighted by molar-refractivity contribution is 0.446. The Morgan fingerprint density at radius 1 is 1.07 bits per heavy atom. The van der Waals surface area contributed by atoms with Crippen LogP contribution < -0.4 is 11.0 Å². The smallest absolute Gasteiger partial charge is 0.323 e. The minimum atomic E-state index is -0.237. The molecule has 8 heteroatoms. The van der Waals surface area contributed by atoms with Gasteiger partial charge in [0.2, 0.25) is 5.95 Å². The number of aryl methyl sites for hydroxylation is 3. The van der Waals surface area contributed by atoms with Gasteiger partial charge in [-0.2, -0.15) is 4.98 Å². The van der Waals surface area contributed by atoms with Crippen LogP contribution in [0.3, 0.4) is 0 Å². The number of hydrogen-bond donors (Lipinski definition) is 1. The molecule has 29 heavy (non-hydrogen) atoms. The van der Waals surface area contributed by atoms with E-state index in [9.17, 15) is 9.18 Å². The summed E-state index contributed by atoms with van der Waals surface area (Å²) < 4.78 is 18.5. The maximum Gasteiger partial charge on any atom is 0.328 e. The molecule has 1 atom stereocenters. The molecule has 7 nitrogen and oxygen atoms in total. The van der Waals surface area contributed by atoms with Gasteiger partial charge in [-0.15, -0.1) is 5.10 Å². The van der Waals surface area contributed by atoms with Crippen molar-refractivity contribution in [2.24, 2.45) is 14.1 Å². The van der Waals surface area contributed by atoms with Crippen molar-refractivity contribution in [3.8, 4) is 0 Å². The monoisotopic (exact) mass is 392 g/mol. The first-order chi connectivity index (χ1) is 14.0. The summed E-state index contributed by atoms with van der Waals surface area (Å²) in [7, 11) is 3.52. The van der Waals surface area contributed by atoms with Crippen molar-refractivity contribution in [3.63, 3.8) is 0 Å². The highest BCUT2D eigenvalue weighted by Crippen LogP contribution is 2.33. The average molecular weight is 392 g/mol. The zero-order valence-electron chi connectivity index (χ0n) is 16.3. The van der Waals surface area contributed by atoms with Gasteiger partial charge in [0.1, 0.15) is 11.6 Å². The Kier molecular flexibility index (Phi) is 4.01. The number of nitrogens with zero attached hydrogens (tertiary/aromatic N) is 5. The largest absolute Gasteiger partial charge is 0.328 e. The molecule has 5 rings (SSSR count). The fourth-order valence-corrected chi connectivity index (χ4v) is 4.13. The van der Waals surface area contributed by atoms with Crippen LogP contribution in [0.25, 0.3) is 11.0 Å². The second kappa shape index (κ2) is 6.58. The molecule has 0 radical (unpaired) electrons. The maximum absolute atomic E-state index is 13.3. The molecule has 1 N–H and O–H groups in total. The topological polar surface area (TPSA) is 69.7 Å². The SMILES string of the molecule is Cn1c(=O)n(C)c2cc(Nc3nc4n(n3)CCCC4c3ccc(F)cc3)ccc21. The van der Waals surface area contributed by atoms with Crippen molar-refractivity contribution < 1.29 is 4.39 Å². The number of imidazole rings is 1. The molecule has 1 unspecified atom stereocenters. The summed E-state index contributed by atoms with van der Waals surface area (Å²) in [4.78, 5) is 16.9. The molecule has 0 amide bonds. The predicted molar refractivity (Wildman–Crippen MR) is 109 cm³/mol. The van der Waals surface area contributed by atoms with E-state index in [1.807, 2.05) is 35.0 Å². The summed E-state index contributed by atoms with van der Waals surface area (Å²) >= 11 is 0. The van der Waals surface area contributed by atoms with Crippen LogP contribution in [0, 0.1) is 5.82 Å². The zero-order valence-corrected chi connectivity index (χ0v) is 16.3. The first kappa shape index (κ1) is 17.7. The van der Waals surface area contributed by atoms with Crippen LogP contribution >= 0.6 is 0 Å². The summed E-state index contributed by atoms with van der Waals surface area (Å²) in [5.74, 6) is 1.27. The first-order valence-corrected chi connectivity index (χ1v) is 9.64. The van der Waals surface area contributed by atoms with Gasteiger partial charge >= 0.3 is 5.69 Å². The van der Waals surface area contributed by atoms with E-state index in [1.54, 1.807) is 23.2 Å². The third-order valence-corrected chi connectivity index (χ3v) is 5.68. The van der Waals surface area contributed by atoms with Crippen LogP contribution in [0.2, 0.25) is 0 Å². The van der Waals surface area contributed by atoms with Crippen LogP contribution in [0.4, 0.5) is 16.0 Å². The van der Waals surface area contributed by atoms with E-state index in [2.05, 4.69) is 10.4 Å². The molecular weight excluding hydrogens is 371 g/mol. The van der Waals surface area contributed by atoms with Gasteiger partial charge in [-0.05, 0) is 48.7 Å². The van der Waals surface area contributed by atoms with Crippen LogP contribution in [0.1, 0.15) is 30.1 Å². The summed E-state index contributed by atoms with van der Waals surface area (Å²) in [6.07, 6.45) is 1.96. The molecule has 2 aromatic carbocycles. The van der Waals surface area contributed by atoms with Gasteiger partial charge in [0.15, 0.2) is 0 Å². The second-order valence-electron chi connectivity index (χ2n) is 7.49. The molecular formula is C21H21FN6O. The number of anilines is 2. The van der Waals surface area contributed by atoms with E-state index < -0.39 is 0 Å². The van der Waals surface area contributed by atoms with Gasteiger partial charge in [-0.25, -0.2) is 13.9 Å². The lowest BCUT2D eigenvalue weighted by Gasteiger charge is -2.22. The van der Waals surface area contributed by atoms with Gasteiger partial charge in [-0.3, -0.25) is 9.13 Å². The van der Waals surface area contributed by atoms with Crippen molar-refractivity contribution in [2.75, 3.05) is 5.32 Å². The number of rotatable bonds is 3. The standard InChI is InChI=1S/C21H21FN6O/c1-26-17-10-9-15(12-18(17)27(2)21(26)29)23-20-24-19-16(4-3-11-28(19)25-20)13-5-7-14(22)8-6-13/h5-10,12,16H,3-4,11H2,1-2H3,(H,23,25). The van der Waals surface area contributed by atoms with Crippen molar-refractivity contribution in [2.45, 2.75) is 25.3 Å². The van der Waals surface area contributed by atoms with Crippen molar-refractivity contribution in [3.05, 3.63) is 70.2 Å². The number of halogens is 1. The Hall–Kier alpha value is -3.42. The van der Waals surface area contributed by atoms with Crippen molar-refractivity contribution >= 4 is 22.7 Å². The highest BCUT2D eigenvalue weighted by Gasteiger charge is 2.26. The average Bonchev–Trinajstić information content (AvgIpc) is 3.23. The normalized spacial score (nSPS) is 16.2. The zero-order chi connectivity index (χ0) is 20.1. The molecule has 1 aliphatic rings. The molecule has 0 fully saturated rings. The molecule has 0 bridgehead atoms. The number of benzene rings is 2. The summed E-state index contributed by atoms with van der Waals surface area (Å²) in [6.45, 7) is 0.813. The third-order valence-electron chi connectivity index (χ3n) is 5.68. The van der Waals surface area contributed by atoms with E-state index in [4.69, 9.17) is 4.98 Å². The van der Waals surface area contributed by atoms with E-state index in [-0.39, 0.29) is 17.4 Å². The van der Waals surface area contributed by atoms with Crippen LogP contribution in [-0.4, -0.2) is 23.9 Å². The van der Waals surface area contributed by atoms with Gasteiger partial charge in [0, 0.05) is 32.2 Å². The van der Waals surface area contributed by atoms with E-state index in [1.165, 1.54) is 12.1 Å². The molecule has 0 aliphatic carbocycles. The van der Waals surface area contributed by atoms with E-state index in [0.717, 1.165) is 47.5 Å².